The molecule has 2 atom stereocenters. The molecule has 348 valence electrons. The van der Waals surface area contributed by atoms with Gasteiger partial charge in [0.25, 0.3) is 6.29 Å². The van der Waals surface area contributed by atoms with Crippen molar-refractivity contribution in [3.63, 3.8) is 0 Å². The number of nitrogens with zero attached hydrogens (tertiary/aromatic N) is 1. The zero-order valence-corrected chi connectivity index (χ0v) is 39.3. The molecule has 0 spiro atoms. The van der Waals surface area contributed by atoms with E-state index in [1.165, 1.54) is 44.9 Å². The van der Waals surface area contributed by atoms with Crippen molar-refractivity contribution >= 4 is 17.9 Å². The van der Waals surface area contributed by atoms with Gasteiger partial charge in [-0.05, 0) is 89.9 Å². The van der Waals surface area contributed by atoms with Crippen molar-refractivity contribution in [1.82, 2.24) is 0 Å². The Kier molecular flexibility index (Phi) is 40.6. The van der Waals surface area contributed by atoms with Crippen molar-refractivity contribution in [2.45, 2.75) is 180 Å². The third-order valence-corrected chi connectivity index (χ3v) is 9.64. The molecule has 0 saturated carbocycles. The summed E-state index contributed by atoms with van der Waals surface area (Å²) < 4.78 is 22.7. The number of ether oxygens (including phenoxy) is 4. The lowest BCUT2D eigenvalue weighted by molar-refractivity contribution is -0.870. The number of unbranched alkanes of at least 4 members (excludes halogenated alkanes) is 13. The molecule has 0 aromatic carbocycles. The molecule has 0 radical (unpaired) electrons. The predicted molar refractivity (Wildman–Crippen MR) is 253 cm³/mol. The largest absolute Gasteiger partial charge is 0.477 e. The number of carbonyl (C=O) groups is 3. The smallest absolute Gasteiger partial charge is 0.361 e. The highest BCUT2D eigenvalue weighted by molar-refractivity contribution is 5.71. The van der Waals surface area contributed by atoms with Crippen LogP contribution in [0.25, 0.3) is 0 Å². The Hall–Kier alpha value is -3.53. The number of carbonyl (C=O) groups excluding carboxylic acids is 2. The monoisotopic (exact) mass is 855 g/mol. The summed E-state index contributed by atoms with van der Waals surface area (Å²) in [5, 5.41) is 9.65. The highest BCUT2D eigenvalue weighted by Crippen LogP contribution is 2.13. The van der Waals surface area contributed by atoms with E-state index in [9.17, 15) is 19.5 Å². The quantitative estimate of drug-likeness (QED) is 0.0213. The average molecular weight is 855 g/mol. The lowest BCUT2D eigenvalue weighted by Crippen LogP contribution is -2.40. The third-order valence-electron chi connectivity index (χ3n) is 9.64. The van der Waals surface area contributed by atoms with Gasteiger partial charge in [0.05, 0.1) is 34.4 Å². The Bertz CT molecular complexity index is 1270. The summed E-state index contributed by atoms with van der Waals surface area (Å²) in [7, 11) is 5.93. The summed E-state index contributed by atoms with van der Waals surface area (Å²) in [5.74, 6) is -2.07. The summed E-state index contributed by atoms with van der Waals surface area (Å²) in [6.45, 7) is 4.66. The lowest BCUT2D eigenvalue weighted by Gasteiger charge is -2.25. The third kappa shape index (κ3) is 44.3. The number of carboxylic acids is 1. The lowest BCUT2D eigenvalue weighted by atomic mass is 10.1. The van der Waals surface area contributed by atoms with Crippen LogP contribution < -0.4 is 0 Å². The molecule has 9 heteroatoms. The molecule has 0 aromatic rings. The summed E-state index contributed by atoms with van der Waals surface area (Å²) >= 11 is 0. The number of hydrogen-bond acceptors (Lipinski definition) is 7. The van der Waals surface area contributed by atoms with Crippen LogP contribution in [0, 0.1) is 0 Å². The van der Waals surface area contributed by atoms with Crippen molar-refractivity contribution in [3.8, 4) is 0 Å². The molecule has 0 amide bonds. The number of aliphatic carboxylic acids is 1. The van der Waals surface area contributed by atoms with E-state index in [4.69, 9.17) is 18.9 Å². The Balaban J connectivity index is 4.50. The maximum absolute atomic E-state index is 12.8. The number of quaternary nitrogens is 1. The van der Waals surface area contributed by atoms with Crippen LogP contribution in [-0.4, -0.2) is 87.4 Å². The van der Waals surface area contributed by atoms with Crippen LogP contribution in [0.5, 0.6) is 0 Å². The standard InChI is InChI=1S/C52H87NO8/c1-6-8-10-12-14-16-18-20-22-24-25-27-29-31-33-35-37-39-41-43-50(55)61-48(47-60-52(51(56)57)58-45-44-53(3,4)5)46-59-49(54)42-40-38-36-34-32-30-28-26-23-21-19-17-15-13-11-9-7-2/h8,10,14-17,20-23,25,27,31,33,48,52H,6-7,9,11-13,18-19,24,26,28-30,32,34-47H2,1-5H3/p+1/b10-8-,16-14-,17-15-,22-20-,23-21-,27-25-,33-31-. The maximum Gasteiger partial charge on any atom is 0.361 e. The highest BCUT2D eigenvalue weighted by atomic mass is 16.7. The fourth-order valence-corrected chi connectivity index (χ4v) is 5.95. The molecule has 9 nitrogen and oxygen atoms in total. The van der Waals surface area contributed by atoms with Crippen molar-refractivity contribution < 1.29 is 42.9 Å². The minimum Gasteiger partial charge on any atom is -0.477 e. The van der Waals surface area contributed by atoms with Crippen LogP contribution in [0.2, 0.25) is 0 Å². The van der Waals surface area contributed by atoms with Gasteiger partial charge in [0.15, 0.2) is 6.10 Å². The topological polar surface area (TPSA) is 108 Å². The summed E-state index contributed by atoms with van der Waals surface area (Å²) in [6, 6.07) is 0. The Labute approximate surface area is 372 Å². The number of rotatable bonds is 42. The molecule has 0 heterocycles. The minimum atomic E-state index is -1.52. The Morgan fingerprint density at radius 3 is 1.41 bits per heavy atom. The van der Waals surface area contributed by atoms with E-state index in [2.05, 4.69) is 98.9 Å². The van der Waals surface area contributed by atoms with Gasteiger partial charge in [-0.15, -0.1) is 0 Å². The molecule has 1 N–H and O–H groups in total. The second-order valence-corrected chi connectivity index (χ2v) is 16.7. The molecule has 0 aliphatic rings. The molecule has 0 aliphatic heterocycles. The SMILES string of the molecule is CC/C=C\C/C=C\C/C=C\C/C=C\C/C=C\CCCCCC(=O)OC(COC(=O)CCCCCCCCC/C=C\C/C=C\CCCCC)COC(OCC[N+](C)(C)C)C(=O)O. The van der Waals surface area contributed by atoms with Gasteiger partial charge in [-0.3, -0.25) is 9.59 Å². The van der Waals surface area contributed by atoms with Crippen LogP contribution in [-0.2, 0) is 33.3 Å². The fourth-order valence-electron chi connectivity index (χ4n) is 5.95. The van der Waals surface area contributed by atoms with E-state index in [0.29, 0.717) is 17.4 Å². The number of allylic oxidation sites excluding steroid dienone is 14. The first-order chi connectivity index (χ1) is 29.6. The first kappa shape index (κ1) is 57.5. The van der Waals surface area contributed by atoms with Gasteiger partial charge in [0.2, 0.25) is 0 Å². The molecule has 0 fully saturated rings. The van der Waals surface area contributed by atoms with Crippen LogP contribution >= 0.6 is 0 Å². The second-order valence-electron chi connectivity index (χ2n) is 16.7. The molecule has 0 rings (SSSR count). The zero-order valence-electron chi connectivity index (χ0n) is 39.3. The van der Waals surface area contributed by atoms with E-state index in [-0.39, 0.29) is 38.6 Å². The van der Waals surface area contributed by atoms with E-state index in [1.807, 2.05) is 21.1 Å². The van der Waals surface area contributed by atoms with E-state index < -0.39 is 24.3 Å². The number of hydrogen-bond donors (Lipinski definition) is 1. The van der Waals surface area contributed by atoms with Gasteiger partial charge < -0.3 is 28.5 Å². The summed E-state index contributed by atoms with van der Waals surface area (Å²) in [6.07, 6.45) is 52.1. The van der Waals surface area contributed by atoms with Gasteiger partial charge in [-0.1, -0.05) is 150 Å². The van der Waals surface area contributed by atoms with Gasteiger partial charge >= 0.3 is 17.9 Å². The molecule has 0 aliphatic carbocycles. The fraction of sp³-hybridized carbons (Fsp3) is 0.673. The number of likely N-dealkylation sites (N-methyl/N-ethyl adjacent to an activating group) is 1. The molecule has 2 unspecified atom stereocenters. The summed E-state index contributed by atoms with van der Waals surface area (Å²) in [5.41, 5.74) is 0. The van der Waals surface area contributed by atoms with Crippen LogP contribution in [0.1, 0.15) is 168 Å². The van der Waals surface area contributed by atoms with Crippen molar-refractivity contribution in [2.75, 3.05) is 47.5 Å². The minimum absolute atomic E-state index is 0.175. The van der Waals surface area contributed by atoms with Crippen LogP contribution in [0.15, 0.2) is 85.1 Å². The Morgan fingerprint density at radius 1 is 0.508 bits per heavy atom. The van der Waals surface area contributed by atoms with Crippen LogP contribution in [0.4, 0.5) is 0 Å². The molecule has 0 aromatic heterocycles. The number of carboxylic acid groups (broad SMARTS) is 1. The second kappa shape index (κ2) is 43.1. The van der Waals surface area contributed by atoms with Gasteiger partial charge in [0.1, 0.15) is 13.2 Å². The first-order valence-corrected chi connectivity index (χ1v) is 23.8. The average Bonchev–Trinajstić information content (AvgIpc) is 3.22. The Morgan fingerprint density at radius 2 is 0.934 bits per heavy atom. The molecule has 0 saturated heterocycles. The van der Waals surface area contributed by atoms with E-state index in [1.54, 1.807) is 0 Å². The van der Waals surface area contributed by atoms with E-state index >= 15 is 0 Å². The van der Waals surface area contributed by atoms with Gasteiger partial charge in [0, 0.05) is 12.8 Å². The van der Waals surface area contributed by atoms with Crippen LogP contribution in [0.3, 0.4) is 0 Å². The normalized spacial score (nSPS) is 13.7. The van der Waals surface area contributed by atoms with Crippen molar-refractivity contribution in [3.05, 3.63) is 85.1 Å². The molecular formula is C52H88NO8+. The van der Waals surface area contributed by atoms with Crippen molar-refractivity contribution in [1.29, 1.82) is 0 Å². The first-order valence-electron chi connectivity index (χ1n) is 23.8. The highest BCUT2D eigenvalue weighted by Gasteiger charge is 2.25. The van der Waals surface area contributed by atoms with Gasteiger partial charge in [-0.2, -0.15) is 0 Å². The summed E-state index contributed by atoms with van der Waals surface area (Å²) in [4.78, 5) is 37.2. The predicted octanol–water partition coefficient (Wildman–Crippen LogP) is 12.9. The zero-order chi connectivity index (χ0) is 44.9. The molecular weight excluding hydrogens is 767 g/mol. The number of esters is 2. The van der Waals surface area contributed by atoms with E-state index in [0.717, 1.165) is 89.9 Å². The maximum atomic E-state index is 12.8. The molecule has 61 heavy (non-hydrogen) atoms. The molecule has 0 bridgehead atoms. The van der Waals surface area contributed by atoms with Gasteiger partial charge in [-0.25, -0.2) is 4.79 Å². The van der Waals surface area contributed by atoms with Crippen molar-refractivity contribution in [2.24, 2.45) is 0 Å².